The van der Waals surface area contributed by atoms with Gasteiger partial charge in [-0.2, -0.15) is 0 Å². The summed E-state index contributed by atoms with van der Waals surface area (Å²) in [5.41, 5.74) is -0.610. The molecule has 0 aromatic carbocycles. The van der Waals surface area contributed by atoms with E-state index in [1.165, 1.54) is 0 Å². The summed E-state index contributed by atoms with van der Waals surface area (Å²) in [5, 5.41) is 0. The molecule has 0 aromatic rings. The zero-order valence-electron chi connectivity index (χ0n) is 22.8. The molecule has 4 heteroatoms. The van der Waals surface area contributed by atoms with E-state index in [1.807, 2.05) is 19.1 Å². The maximum atomic E-state index is 13.8. The van der Waals surface area contributed by atoms with Crippen molar-refractivity contribution in [1.82, 2.24) is 0 Å². The highest BCUT2D eigenvalue weighted by atomic mass is 16.5. The Hall–Kier alpha value is -1.71. The lowest BCUT2D eigenvalue weighted by Gasteiger charge is -2.31. The summed E-state index contributed by atoms with van der Waals surface area (Å²) in [7, 11) is 0. The van der Waals surface area contributed by atoms with Gasteiger partial charge in [-0.3, -0.25) is 14.4 Å². The molecular weight excluding hydrogens is 424 g/mol. The van der Waals surface area contributed by atoms with E-state index >= 15 is 0 Å². The molecule has 0 heterocycles. The Bertz CT molecular complexity index is 929. The van der Waals surface area contributed by atoms with Gasteiger partial charge in [0, 0.05) is 10.8 Å². The predicted molar refractivity (Wildman–Crippen MR) is 134 cm³/mol. The maximum absolute atomic E-state index is 13.8. The van der Waals surface area contributed by atoms with E-state index in [4.69, 9.17) is 4.74 Å². The van der Waals surface area contributed by atoms with Gasteiger partial charge in [-0.1, -0.05) is 67.5 Å². The Labute approximate surface area is 206 Å². The SMILES string of the molecule is CCOC(=O)C(/C=C1\C(=O)[C@]2(C)CC[C@H]1C2(C)C)(/C=C1\C(=O)[C@@]2(C)CC[C@H]1C2(C)C)CC(C)C. The standard InChI is InChI=1S/C30H44O4/c1-10-34-25(33)30(15-18(2)3,16-19-21-11-13-28(8,23(19)31)26(21,4)5)17-20-22-12-14-29(9,24(20)32)27(22,6)7/h16-18,21-22H,10-15H2,1-9H3/b19-16-,20-17-/t21-,22-,28-,29+,30?/m1/s1. The second-order valence-electron chi connectivity index (χ2n) is 13.5. The number of fused-ring (bicyclic) bond motifs is 4. The number of esters is 1. The Balaban J connectivity index is 1.92. The zero-order valence-corrected chi connectivity index (χ0v) is 22.8. The van der Waals surface area contributed by atoms with Gasteiger partial charge in [-0.15, -0.1) is 0 Å². The van der Waals surface area contributed by atoms with Crippen LogP contribution >= 0.6 is 0 Å². The number of carbonyl (C=O) groups is 3. The van der Waals surface area contributed by atoms with Gasteiger partial charge < -0.3 is 4.74 Å². The molecule has 0 aliphatic heterocycles. The van der Waals surface area contributed by atoms with Crippen LogP contribution in [0.1, 0.15) is 94.4 Å². The first-order valence-electron chi connectivity index (χ1n) is 13.3. The number of rotatable bonds is 6. The van der Waals surface area contributed by atoms with Crippen molar-refractivity contribution >= 4 is 17.5 Å². The Kier molecular flexibility index (Phi) is 5.71. The van der Waals surface area contributed by atoms with Crippen LogP contribution in [0.25, 0.3) is 0 Å². The molecule has 0 saturated heterocycles. The van der Waals surface area contributed by atoms with Crippen LogP contribution in [0.5, 0.6) is 0 Å². The van der Waals surface area contributed by atoms with Crippen LogP contribution in [0.4, 0.5) is 0 Å². The fourth-order valence-corrected chi connectivity index (χ4v) is 8.04. The van der Waals surface area contributed by atoms with Crippen LogP contribution in [-0.2, 0) is 19.1 Å². The summed E-state index contributed by atoms with van der Waals surface area (Å²) in [5.74, 6) is 0.476. The topological polar surface area (TPSA) is 60.4 Å². The third-order valence-corrected chi connectivity index (χ3v) is 11.0. The predicted octanol–water partition coefficient (Wildman–Crippen LogP) is 6.49. The molecule has 0 spiro atoms. The number of carbonyl (C=O) groups excluding carboxylic acids is 3. The summed E-state index contributed by atoms with van der Waals surface area (Å²) in [6.07, 6.45) is 8.14. The third-order valence-electron chi connectivity index (χ3n) is 11.0. The lowest BCUT2D eigenvalue weighted by molar-refractivity contribution is -0.150. The van der Waals surface area contributed by atoms with Gasteiger partial charge in [-0.05, 0) is 78.8 Å². The van der Waals surface area contributed by atoms with Crippen molar-refractivity contribution in [3.8, 4) is 0 Å². The average molecular weight is 469 g/mol. The van der Waals surface area contributed by atoms with Crippen LogP contribution in [0.15, 0.2) is 23.3 Å². The van der Waals surface area contributed by atoms with Gasteiger partial charge in [0.25, 0.3) is 0 Å². The molecule has 4 saturated carbocycles. The molecule has 4 rings (SSSR count). The van der Waals surface area contributed by atoms with E-state index in [0.717, 1.165) is 36.8 Å². The summed E-state index contributed by atoms with van der Waals surface area (Å²) in [6, 6.07) is 0. The van der Waals surface area contributed by atoms with E-state index in [1.54, 1.807) is 0 Å². The van der Waals surface area contributed by atoms with E-state index in [9.17, 15) is 14.4 Å². The quantitative estimate of drug-likeness (QED) is 0.330. The minimum Gasteiger partial charge on any atom is -0.465 e. The first-order chi connectivity index (χ1) is 15.6. The second kappa shape index (κ2) is 7.64. The molecule has 0 amide bonds. The molecular formula is C30H44O4. The van der Waals surface area contributed by atoms with Gasteiger partial charge >= 0.3 is 5.97 Å². The molecule has 1 unspecified atom stereocenters. The largest absolute Gasteiger partial charge is 0.465 e. The van der Waals surface area contributed by atoms with E-state index < -0.39 is 16.2 Å². The maximum Gasteiger partial charge on any atom is 0.319 e. The number of hydrogen-bond acceptors (Lipinski definition) is 4. The first-order valence-corrected chi connectivity index (χ1v) is 13.3. The summed E-state index contributed by atoms with van der Waals surface area (Å²) in [4.78, 5) is 41.2. The van der Waals surface area contributed by atoms with Gasteiger partial charge in [0.2, 0.25) is 0 Å². The molecule has 0 aromatic heterocycles. The molecule has 0 radical (unpaired) electrons. The second-order valence-corrected chi connectivity index (χ2v) is 13.5. The molecule has 4 fully saturated rings. The highest BCUT2D eigenvalue weighted by molar-refractivity contribution is 6.07. The molecule has 0 N–H and O–H groups in total. The zero-order chi connectivity index (χ0) is 25.5. The van der Waals surface area contributed by atoms with Crippen LogP contribution in [-0.4, -0.2) is 24.1 Å². The highest BCUT2D eigenvalue weighted by Gasteiger charge is 2.66. The van der Waals surface area contributed by atoms with Crippen LogP contribution < -0.4 is 0 Å². The molecule has 34 heavy (non-hydrogen) atoms. The fourth-order valence-electron chi connectivity index (χ4n) is 8.04. The van der Waals surface area contributed by atoms with E-state index in [2.05, 4.69) is 55.4 Å². The Morgan fingerprint density at radius 2 is 1.32 bits per heavy atom. The monoisotopic (exact) mass is 468 g/mol. The highest BCUT2D eigenvalue weighted by Crippen LogP contribution is 2.67. The summed E-state index contributed by atoms with van der Waals surface area (Å²) in [6.45, 7) is 19.2. The molecule has 4 aliphatic rings. The number of allylic oxidation sites excluding steroid dienone is 2. The van der Waals surface area contributed by atoms with Gasteiger partial charge in [0.15, 0.2) is 11.6 Å². The molecule has 4 aliphatic carbocycles. The molecule has 5 atom stereocenters. The lowest BCUT2D eigenvalue weighted by atomic mass is 9.70. The minimum absolute atomic E-state index is 0.133. The van der Waals surface area contributed by atoms with Crippen LogP contribution in [0, 0.1) is 44.8 Å². The summed E-state index contributed by atoms with van der Waals surface area (Å²) >= 11 is 0. The third kappa shape index (κ3) is 3.05. The number of hydrogen-bond donors (Lipinski definition) is 0. The minimum atomic E-state index is -1.10. The lowest BCUT2D eigenvalue weighted by Crippen LogP contribution is -2.35. The van der Waals surface area contributed by atoms with Crippen molar-refractivity contribution in [1.29, 1.82) is 0 Å². The first kappa shape index (κ1) is 25.4. The number of Topliss-reactive ketones (excluding diaryl/α,β-unsaturated/α-hetero) is 2. The smallest absolute Gasteiger partial charge is 0.319 e. The van der Waals surface area contributed by atoms with E-state index in [0.29, 0.717) is 6.42 Å². The number of ketones is 2. The van der Waals surface area contributed by atoms with Crippen molar-refractivity contribution < 1.29 is 19.1 Å². The number of ether oxygens (including phenoxy) is 1. The van der Waals surface area contributed by atoms with Crippen LogP contribution in [0.2, 0.25) is 0 Å². The van der Waals surface area contributed by atoms with Crippen molar-refractivity contribution in [3.63, 3.8) is 0 Å². The molecule has 188 valence electrons. The molecule has 4 bridgehead atoms. The Morgan fingerprint density at radius 1 is 0.912 bits per heavy atom. The average Bonchev–Trinajstić information content (AvgIpc) is 3.21. The fraction of sp³-hybridized carbons (Fsp3) is 0.767. The normalized spacial score (nSPS) is 39.5. The van der Waals surface area contributed by atoms with Crippen LogP contribution in [0.3, 0.4) is 0 Å². The van der Waals surface area contributed by atoms with Crippen molar-refractivity contribution in [2.24, 2.45) is 44.8 Å². The molecule has 4 nitrogen and oxygen atoms in total. The van der Waals surface area contributed by atoms with Gasteiger partial charge in [-0.25, -0.2) is 0 Å². The van der Waals surface area contributed by atoms with Crippen molar-refractivity contribution in [3.05, 3.63) is 23.3 Å². The van der Waals surface area contributed by atoms with Crippen molar-refractivity contribution in [2.45, 2.75) is 94.4 Å². The van der Waals surface area contributed by atoms with E-state index in [-0.39, 0.29) is 52.7 Å². The van der Waals surface area contributed by atoms with Gasteiger partial charge in [0.1, 0.15) is 5.41 Å². The Morgan fingerprint density at radius 3 is 1.62 bits per heavy atom. The summed E-state index contributed by atoms with van der Waals surface area (Å²) < 4.78 is 5.66. The van der Waals surface area contributed by atoms with Crippen molar-refractivity contribution in [2.75, 3.05) is 6.61 Å². The van der Waals surface area contributed by atoms with Gasteiger partial charge in [0.05, 0.1) is 6.61 Å².